The van der Waals surface area contributed by atoms with E-state index in [0.717, 1.165) is 0 Å². The number of imidazole rings is 1. The van der Waals surface area contributed by atoms with Gasteiger partial charge in [-0.3, -0.25) is 0 Å². The van der Waals surface area contributed by atoms with Gasteiger partial charge < -0.3 is 0 Å². The van der Waals surface area contributed by atoms with E-state index in [0.29, 0.717) is 0 Å². The summed E-state index contributed by atoms with van der Waals surface area (Å²) in [5, 5.41) is 0. The Labute approximate surface area is 202 Å². The highest BCUT2D eigenvalue weighted by molar-refractivity contribution is 4.84. The molecule has 0 saturated carbocycles. The molecule has 0 N–H and O–H groups in total. The van der Waals surface area contributed by atoms with Gasteiger partial charge in [-0.25, -0.2) is 9.13 Å². The van der Waals surface area contributed by atoms with E-state index in [1.165, 1.54) is 160 Å². The van der Waals surface area contributed by atoms with Crippen LogP contribution < -0.4 is 4.57 Å². The zero-order valence-corrected chi connectivity index (χ0v) is 22.5. The van der Waals surface area contributed by atoms with Crippen molar-refractivity contribution >= 4 is 0 Å². The third-order valence-electron chi connectivity index (χ3n) is 7.22. The van der Waals surface area contributed by atoms with Crippen LogP contribution in [-0.2, 0) is 20.0 Å². The molecule has 2 heteroatoms. The molecule has 1 rings (SSSR count). The molecule has 0 aromatic carbocycles. The summed E-state index contributed by atoms with van der Waals surface area (Å²) in [6.07, 6.45) is 37.3. The molecule has 0 aliphatic heterocycles. The van der Waals surface area contributed by atoms with Gasteiger partial charge in [0.25, 0.3) is 5.82 Å². The molecule has 1 heterocycles. The molecular formula is C30H59N2+. The first-order valence-electron chi connectivity index (χ1n) is 14.8. The summed E-state index contributed by atoms with van der Waals surface area (Å²) in [7, 11) is 2.22. The zero-order chi connectivity index (χ0) is 23.1. The predicted octanol–water partition coefficient (Wildman–Crippen LogP) is 9.48. The number of nitrogens with zero attached hydrogens (tertiary/aromatic N) is 2. The second-order valence-corrected chi connectivity index (χ2v) is 10.3. The van der Waals surface area contributed by atoms with E-state index in [2.05, 4.69) is 42.4 Å². The predicted molar refractivity (Wildman–Crippen MR) is 142 cm³/mol. The van der Waals surface area contributed by atoms with Crippen molar-refractivity contribution in [2.24, 2.45) is 7.05 Å². The number of aryl methyl sites for hydroxylation is 2. The minimum absolute atomic E-state index is 1.21. The molecule has 0 aliphatic rings. The molecule has 0 spiro atoms. The first-order chi connectivity index (χ1) is 15.8. The molecule has 0 fully saturated rings. The topological polar surface area (TPSA) is 8.81 Å². The van der Waals surface area contributed by atoms with E-state index in [-0.39, 0.29) is 0 Å². The molecule has 2 nitrogen and oxygen atoms in total. The third kappa shape index (κ3) is 15.9. The van der Waals surface area contributed by atoms with Crippen molar-refractivity contribution in [1.29, 1.82) is 0 Å². The third-order valence-corrected chi connectivity index (χ3v) is 7.22. The molecule has 0 bridgehead atoms. The Hall–Kier alpha value is -0.790. The average Bonchev–Trinajstić information content (AvgIpc) is 3.15. The second-order valence-electron chi connectivity index (χ2n) is 10.3. The van der Waals surface area contributed by atoms with E-state index in [4.69, 9.17) is 0 Å². The number of hydrogen-bond donors (Lipinski definition) is 0. The molecule has 1 aromatic rings. The first-order valence-corrected chi connectivity index (χ1v) is 14.8. The van der Waals surface area contributed by atoms with Crippen molar-refractivity contribution in [2.75, 3.05) is 0 Å². The number of unbranched alkanes of at least 4 members (excludes halogenated alkanes) is 20. The van der Waals surface area contributed by atoms with Gasteiger partial charge in [-0.2, -0.15) is 0 Å². The van der Waals surface area contributed by atoms with Crippen LogP contribution in [0.25, 0.3) is 0 Å². The monoisotopic (exact) mass is 447 g/mol. The highest BCUT2D eigenvalue weighted by Crippen LogP contribution is 2.15. The summed E-state index contributed by atoms with van der Waals surface area (Å²) in [4.78, 5) is 0. The van der Waals surface area contributed by atoms with E-state index in [9.17, 15) is 0 Å². The van der Waals surface area contributed by atoms with Gasteiger partial charge in [0.2, 0.25) is 0 Å². The fraction of sp³-hybridized carbons (Fsp3) is 0.900. The fourth-order valence-electron chi connectivity index (χ4n) is 4.97. The van der Waals surface area contributed by atoms with E-state index in [1.807, 2.05) is 0 Å². The fourth-order valence-corrected chi connectivity index (χ4v) is 4.97. The summed E-state index contributed by atoms with van der Waals surface area (Å²) >= 11 is 0. The highest BCUT2D eigenvalue weighted by Gasteiger charge is 2.13. The Morgan fingerprint density at radius 2 is 0.906 bits per heavy atom. The Morgan fingerprint density at radius 1 is 0.531 bits per heavy atom. The summed E-state index contributed by atoms with van der Waals surface area (Å²) in [5.74, 6) is 1.53. The number of aromatic nitrogens is 2. The average molecular weight is 448 g/mol. The van der Waals surface area contributed by atoms with E-state index in [1.54, 1.807) is 0 Å². The molecule has 0 radical (unpaired) electrons. The quantitative estimate of drug-likeness (QED) is 0.110. The maximum Gasteiger partial charge on any atom is 0.256 e. The standard InChI is InChI=1S/C30H59N2/c1-4-6-8-10-11-12-13-14-15-16-17-18-19-20-21-22-24-26-30-31(3)28-29-32(30)27-25-23-9-7-5-2/h28-29H,4-27H2,1-3H3/q+1. The van der Waals surface area contributed by atoms with Crippen LogP contribution in [0.15, 0.2) is 12.4 Å². The molecule has 188 valence electrons. The number of hydrogen-bond acceptors (Lipinski definition) is 0. The van der Waals surface area contributed by atoms with Gasteiger partial charge in [0.1, 0.15) is 12.4 Å². The normalized spacial score (nSPS) is 11.5. The Bertz CT molecular complexity index is 505. The Kier molecular flexibility index (Phi) is 20.1. The van der Waals surface area contributed by atoms with Crippen molar-refractivity contribution in [3.63, 3.8) is 0 Å². The van der Waals surface area contributed by atoms with Crippen molar-refractivity contribution in [3.05, 3.63) is 18.2 Å². The van der Waals surface area contributed by atoms with Gasteiger partial charge in [0.05, 0.1) is 13.6 Å². The van der Waals surface area contributed by atoms with Crippen LogP contribution in [0.4, 0.5) is 0 Å². The summed E-state index contributed by atoms with van der Waals surface area (Å²) in [6, 6.07) is 0. The molecule has 0 unspecified atom stereocenters. The maximum absolute atomic E-state index is 2.51. The molecular weight excluding hydrogens is 388 g/mol. The minimum atomic E-state index is 1.21. The van der Waals surface area contributed by atoms with Crippen LogP contribution in [0.2, 0.25) is 0 Å². The van der Waals surface area contributed by atoms with Crippen molar-refractivity contribution in [3.8, 4) is 0 Å². The van der Waals surface area contributed by atoms with Gasteiger partial charge in [0, 0.05) is 6.42 Å². The SMILES string of the molecule is CCCCCCCCCCCCCCCCCCCc1n(CCCCCCC)cc[n+]1C. The largest absolute Gasteiger partial charge is 0.256 e. The summed E-state index contributed by atoms with van der Waals surface area (Å²) in [6.45, 7) is 5.80. The maximum atomic E-state index is 2.51. The van der Waals surface area contributed by atoms with Gasteiger partial charge in [0.15, 0.2) is 0 Å². The molecule has 32 heavy (non-hydrogen) atoms. The summed E-state index contributed by atoms with van der Waals surface area (Å²) in [5.41, 5.74) is 0. The first kappa shape index (κ1) is 29.2. The smallest absolute Gasteiger partial charge is 0.237 e. The van der Waals surface area contributed by atoms with Crippen molar-refractivity contribution < 1.29 is 4.57 Å². The van der Waals surface area contributed by atoms with Crippen LogP contribution in [0.1, 0.15) is 161 Å². The minimum Gasteiger partial charge on any atom is -0.237 e. The lowest BCUT2D eigenvalue weighted by atomic mass is 10.0. The number of rotatable bonds is 24. The Balaban J connectivity index is 1.89. The van der Waals surface area contributed by atoms with E-state index >= 15 is 0 Å². The zero-order valence-electron chi connectivity index (χ0n) is 22.5. The van der Waals surface area contributed by atoms with Crippen LogP contribution in [0, 0.1) is 0 Å². The Morgan fingerprint density at radius 3 is 1.34 bits per heavy atom. The lowest BCUT2D eigenvalue weighted by Crippen LogP contribution is -2.32. The molecule has 0 aliphatic carbocycles. The molecule has 0 atom stereocenters. The second kappa shape index (κ2) is 22.0. The van der Waals surface area contributed by atoms with Crippen molar-refractivity contribution in [1.82, 2.24) is 4.57 Å². The lowest BCUT2D eigenvalue weighted by molar-refractivity contribution is -0.678. The lowest BCUT2D eigenvalue weighted by Gasteiger charge is -2.05. The van der Waals surface area contributed by atoms with Crippen LogP contribution in [-0.4, -0.2) is 4.57 Å². The highest BCUT2D eigenvalue weighted by atomic mass is 15.1. The van der Waals surface area contributed by atoms with Gasteiger partial charge in [-0.05, 0) is 19.3 Å². The van der Waals surface area contributed by atoms with Crippen LogP contribution in [0.5, 0.6) is 0 Å². The summed E-state index contributed by atoms with van der Waals surface area (Å²) < 4.78 is 4.86. The van der Waals surface area contributed by atoms with Crippen LogP contribution >= 0.6 is 0 Å². The van der Waals surface area contributed by atoms with Crippen molar-refractivity contribution in [2.45, 2.75) is 168 Å². The van der Waals surface area contributed by atoms with Gasteiger partial charge in [-0.1, -0.05) is 136 Å². The van der Waals surface area contributed by atoms with Gasteiger partial charge >= 0.3 is 0 Å². The van der Waals surface area contributed by atoms with E-state index < -0.39 is 0 Å². The molecule has 0 amide bonds. The molecule has 1 aromatic heterocycles. The van der Waals surface area contributed by atoms with Gasteiger partial charge in [-0.15, -0.1) is 0 Å². The van der Waals surface area contributed by atoms with Crippen LogP contribution in [0.3, 0.4) is 0 Å². The molecule has 0 saturated heterocycles.